The summed E-state index contributed by atoms with van der Waals surface area (Å²) >= 11 is 1.01. The van der Waals surface area contributed by atoms with Crippen LogP contribution in [0.25, 0.3) is 0 Å². The van der Waals surface area contributed by atoms with Crippen molar-refractivity contribution in [1.29, 1.82) is 0 Å². The van der Waals surface area contributed by atoms with E-state index in [-0.39, 0.29) is 22.2 Å². The highest BCUT2D eigenvalue weighted by molar-refractivity contribution is 7.19. The molecule has 0 bridgehead atoms. The monoisotopic (exact) mass is 412 g/mol. The molecule has 2 aromatic heterocycles. The van der Waals surface area contributed by atoms with Crippen LogP contribution in [-0.2, 0) is 4.74 Å². The van der Waals surface area contributed by atoms with Crippen molar-refractivity contribution in [2.75, 3.05) is 17.7 Å². The van der Waals surface area contributed by atoms with Gasteiger partial charge in [-0.05, 0) is 50.1 Å². The second-order valence-electron chi connectivity index (χ2n) is 6.46. The average molecular weight is 412 g/mol. The molecule has 0 aliphatic heterocycles. The Bertz CT molecular complexity index is 1080. The molecule has 2 amide bonds. The topological polar surface area (TPSA) is 97.6 Å². The number of carbonyl (C=O) groups is 3. The number of hydrogen-bond acceptors (Lipinski definition) is 6. The van der Waals surface area contributed by atoms with E-state index in [9.17, 15) is 14.4 Å². The highest BCUT2D eigenvalue weighted by Gasteiger charge is 2.27. The molecule has 3 aromatic rings. The maximum atomic E-state index is 12.9. The molecule has 0 aliphatic rings. The van der Waals surface area contributed by atoms with Crippen molar-refractivity contribution in [1.82, 2.24) is 0 Å². The van der Waals surface area contributed by atoms with Crippen LogP contribution in [0.15, 0.2) is 41.0 Å². The quantitative estimate of drug-likeness (QED) is 0.599. The second-order valence-corrected chi connectivity index (χ2v) is 7.48. The Morgan fingerprint density at radius 3 is 2.41 bits per heavy atom. The molecule has 8 heteroatoms. The van der Waals surface area contributed by atoms with Gasteiger partial charge >= 0.3 is 5.97 Å². The molecule has 2 N–H and O–H groups in total. The maximum absolute atomic E-state index is 12.9. The highest BCUT2D eigenvalue weighted by atomic mass is 32.1. The summed E-state index contributed by atoms with van der Waals surface area (Å²) in [6.07, 6.45) is 1.37. The molecule has 0 saturated heterocycles. The molecule has 0 radical (unpaired) electrons. The standard InChI is InChI=1S/C21H20N2O5S/c1-11-7-8-14(12(2)10-11)22-19(25)17-13(3)16(21(26)27-4)20(29-17)23-18(24)15-6-5-9-28-15/h5-10H,1-4H3,(H,22,25)(H,23,24). The molecule has 29 heavy (non-hydrogen) atoms. The third-order valence-corrected chi connectivity index (χ3v) is 5.55. The Kier molecular flexibility index (Phi) is 5.84. The van der Waals surface area contributed by atoms with Crippen LogP contribution in [0.2, 0.25) is 0 Å². The minimum Gasteiger partial charge on any atom is -0.465 e. The molecule has 7 nitrogen and oxygen atoms in total. The number of rotatable bonds is 5. The van der Waals surface area contributed by atoms with Crippen molar-refractivity contribution < 1.29 is 23.5 Å². The van der Waals surface area contributed by atoms with Crippen LogP contribution in [0.1, 0.15) is 47.3 Å². The van der Waals surface area contributed by atoms with E-state index < -0.39 is 11.9 Å². The first-order valence-corrected chi connectivity index (χ1v) is 9.58. The third-order valence-electron chi connectivity index (χ3n) is 4.34. The molecule has 0 aliphatic carbocycles. The molecule has 0 fully saturated rings. The Morgan fingerprint density at radius 1 is 1.03 bits per heavy atom. The number of amides is 2. The number of nitrogens with one attached hydrogen (secondary N) is 2. The maximum Gasteiger partial charge on any atom is 0.341 e. The summed E-state index contributed by atoms with van der Waals surface area (Å²) in [6.45, 7) is 5.51. The van der Waals surface area contributed by atoms with Gasteiger partial charge in [0.1, 0.15) is 5.00 Å². The van der Waals surface area contributed by atoms with E-state index in [0.717, 1.165) is 22.5 Å². The zero-order chi connectivity index (χ0) is 21.1. The lowest BCUT2D eigenvalue weighted by Gasteiger charge is -2.08. The Hall–Kier alpha value is -3.39. The number of esters is 1. The summed E-state index contributed by atoms with van der Waals surface area (Å²) in [5.74, 6) is -1.45. The number of carbonyl (C=O) groups excluding carboxylic acids is 3. The number of methoxy groups -OCH3 is 1. The summed E-state index contributed by atoms with van der Waals surface area (Å²) in [4.78, 5) is 37.8. The van der Waals surface area contributed by atoms with Crippen molar-refractivity contribution >= 4 is 39.8 Å². The lowest BCUT2D eigenvalue weighted by atomic mass is 10.1. The van der Waals surface area contributed by atoms with Gasteiger partial charge in [0, 0.05) is 5.69 Å². The first-order valence-electron chi connectivity index (χ1n) is 8.77. The normalized spacial score (nSPS) is 10.5. The molecule has 2 heterocycles. The van der Waals surface area contributed by atoms with Gasteiger partial charge in [-0.3, -0.25) is 9.59 Å². The number of anilines is 2. The van der Waals surface area contributed by atoms with Crippen molar-refractivity contribution in [3.8, 4) is 0 Å². The smallest absolute Gasteiger partial charge is 0.341 e. The van der Waals surface area contributed by atoms with Gasteiger partial charge in [-0.15, -0.1) is 11.3 Å². The molecule has 0 atom stereocenters. The van der Waals surface area contributed by atoms with E-state index in [1.807, 2.05) is 32.0 Å². The highest BCUT2D eigenvalue weighted by Crippen LogP contribution is 2.34. The number of furan rings is 1. The van der Waals surface area contributed by atoms with Crippen molar-refractivity contribution in [2.24, 2.45) is 0 Å². The van der Waals surface area contributed by atoms with Crippen LogP contribution in [0, 0.1) is 20.8 Å². The molecule has 3 rings (SSSR count). The minimum absolute atomic E-state index is 0.0909. The second kappa shape index (κ2) is 8.32. The van der Waals surface area contributed by atoms with Crippen LogP contribution in [0.4, 0.5) is 10.7 Å². The third kappa shape index (κ3) is 4.22. The Morgan fingerprint density at radius 2 is 1.79 bits per heavy atom. The summed E-state index contributed by atoms with van der Waals surface area (Å²) in [6, 6.07) is 8.77. The predicted octanol–water partition coefficient (Wildman–Crippen LogP) is 4.56. The van der Waals surface area contributed by atoms with Gasteiger partial charge in [0.15, 0.2) is 5.76 Å². The van der Waals surface area contributed by atoms with E-state index in [2.05, 4.69) is 10.6 Å². The van der Waals surface area contributed by atoms with Gasteiger partial charge in [-0.25, -0.2) is 4.79 Å². The van der Waals surface area contributed by atoms with E-state index in [1.54, 1.807) is 13.0 Å². The van der Waals surface area contributed by atoms with Crippen molar-refractivity contribution in [3.63, 3.8) is 0 Å². The van der Waals surface area contributed by atoms with Gasteiger partial charge in [-0.2, -0.15) is 0 Å². The minimum atomic E-state index is -0.640. The first kappa shape index (κ1) is 20.3. The zero-order valence-electron chi connectivity index (χ0n) is 16.4. The van der Waals surface area contributed by atoms with Crippen LogP contribution in [0.5, 0.6) is 0 Å². The lowest BCUT2D eigenvalue weighted by Crippen LogP contribution is -2.14. The molecule has 150 valence electrons. The molecular weight excluding hydrogens is 392 g/mol. The van der Waals surface area contributed by atoms with Crippen molar-refractivity contribution in [3.05, 3.63) is 69.5 Å². The van der Waals surface area contributed by atoms with Crippen LogP contribution < -0.4 is 10.6 Å². The zero-order valence-corrected chi connectivity index (χ0v) is 17.2. The fourth-order valence-electron chi connectivity index (χ4n) is 2.87. The average Bonchev–Trinajstić information content (AvgIpc) is 3.32. The van der Waals surface area contributed by atoms with Gasteiger partial charge < -0.3 is 19.8 Å². The van der Waals surface area contributed by atoms with Crippen LogP contribution in [0.3, 0.4) is 0 Å². The first-order chi connectivity index (χ1) is 13.8. The van der Waals surface area contributed by atoms with E-state index >= 15 is 0 Å². The van der Waals surface area contributed by atoms with Crippen molar-refractivity contribution in [2.45, 2.75) is 20.8 Å². The van der Waals surface area contributed by atoms with Gasteiger partial charge in [0.2, 0.25) is 0 Å². The molecular formula is C21H20N2O5S. The Labute approximate surface area is 171 Å². The largest absolute Gasteiger partial charge is 0.465 e. The number of benzene rings is 1. The number of aryl methyl sites for hydroxylation is 2. The molecule has 0 unspecified atom stereocenters. The summed E-state index contributed by atoms with van der Waals surface area (Å²) < 4.78 is 9.91. The lowest BCUT2D eigenvalue weighted by molar-refractivity contribution is 0.0601. The molecule has 0 saturated carbocycles. The number of hydrogen-bond donors (Lipinski definition) is 2. The SMILES string of the molecule is COC(=O)c1c(NC(=O)c2ccco2)sc(C(=O)Nc2ccc(C)cc2C)c1C. The van der Waals surface area contributed by atoms with E-state index in [4.69, 9.17) is 9.15 Å². The van der Waals surface area contributed by atoms with E-state index in [1.165, 1.54) is 19.4 Å². The number of thiophene rings is 1. The van der Waals surface area contributed by atoms with Crippen LogP contribution in [-0.4, -0.2) is 24.9 Å². The fraction of sp³-hybridized carbons (Fsp3) is 0.190. The predicted molar refractivity (Wildman–Crippen MR) is 111 cm³/mol. The van der Waals surface area contributed by atoms with Gasteiger partial charge in [0.05, 0.1) is 23.8 Å². The van der Waals surface area contributed by atoms with Crippen LogP contribution >= 0.6 is 11.3 Å². The van der Waals surface area contributed by atoms with Gasteiger partial charge in [-0.1, -0.05) is 17.7 Å². The summed E-state index contributed by atoms with van der Waals surface area (Å²) in [7, 11) is 1.24. The summed E-state index contributed by atoms with van der Waals surface area (Å²) in [5.41, 5.74) is 3.26. The Balaban J connectivity index is 1.94. The number of ether oxygens (including phenoxy) is 1. The summed E-state index contributed by atoms with van der Waals surface area (Å²) in [5, 5.41) is 5.72. The van der Waals surface area contributed by atoms with Gasteiger partial charge in [0.25, 0.3) is 11.8 Å². The molecule has 1 aromatic carbocycles. The molecule has 0 spiro atoms. The fourth-order valence-corrected chi connectivity index (χ4v) is 3.96. The van der Waals surface area contributed by atoms with E-state index in [0.29, 0.717) is 16.1 Å².